The minimum absolute atomic E-state index is 0.166. The minimum atomic E-state index is -0.627. The number of rotatable bonds is 5. The zero-order valence-electron chi connectivity index (χ0n) is 16.7. The van der Waals surface area contributed by atoms with Gasteiger partial charge in [-0.2, -0.15) is 4.99 Å². The highest BCUT2D eigenvalue weighted by Gasteiger charge is 2.25. The minimum Gasteiger partial charge on any atom is -0.496 e. The second kappa shape index (κ2) is 8.39. The van der Waals surface area contributed by atoms with Crippen LogP contribution in [0.5, 0.6) is 5.75 Å². The lowest BCUT2D eigenvalue weighted by atomic mass is 9.81. The monoisotopic (exact) mass is 422 g/mol. The van der Waals surface area contributed by atoms with Crippen LogP contribution >= 0.6 is 23.1 Å². The molecule has 1 aromatic heterocycles. The third-order valence-corrected chi connectivity index (χ3v) is 6.67. The summed E-state index contributed by atoms with van der Waals surface area (Å²) in [4.78, 5) is 17.2. The summed E-state index contributed by atoms with van der Waals surface area (Å²) in [5.41, 5.74) is 0.853. The molecular formula is C21H27ClN2O3S. The fourth-order valence-electron chi connectivity index (χ4n) is 3.17. The van der Waals surface area contributed by atoms with Crippen LogP contribution in [0.3, 0.4) is 0 Å². The number of benzene rings is 1. The van der Waals surface area contributed by atoms with Crippen LogP contribution in [0.4, 0.5) is 0 Å². The molecule has 1 N–H and O–H groups in total. The van der Waals surface area contributed by atoms with Gasteiger partial charge in [0.05, 0.1) is 18.8 Å². The fourth-order valence-corrected chi connectivity index (χ4v) is 4.39. The van der Waals surface area contributed by atoms with E-state index in [1.807, 2.05) is 10.2 Å². The number of hydrogen-bond donors (Lipinski definition) is 1. The van der Waals surface area contributed by atoms with E-state index in [1.165, 1.54) is 25.1 Å². The number of aromatic nitrogens is 1. The largest absolute Gasteiger partial charge is 0.496 e. The number of carbonyl (C=O) groups is 1. The number of nitrogens with zero attached hydrogens (tertiary/aromatic N) is 2. The van der Waals surface area contributed by atoms with Crippen molar-refractivity contribution in [2.24, 2.45) is 10.9 Å². The molecule has 0 saturated heterocycles. The smallest absolute Gasteiger partial charge is 0.282 e. The van der Waals surface area contributed by atoms with Gasteiger partial charge in [0.15, 0.2) is 0 Å². The van der Waals surface area contributed by atoms with E-state index in [0.29, 0.717) is 38.9 Å². The number of aliphatic hydroxyl groups excluding tert-OH is 1. The molecule has 1 aromatic carbocycles. The van der Waals surface area contributed by atoms with Gasteiger partial charge in [-0.25, -0.2) is 0 Å². The van der Waals surface area contributed by atoms with Crippen molar-refractivity contribution in [2.45, 2.75) is 58.1 Å². The van der Waals surface area contributed by atoms with Gasteiger partial charge in [-0.3, -0.25) is 8.75 Å². The van der Waals surface area contributed by atoms with Crippen molar-refractivity contribution in [1.82, 2.24) is 3.96 Å². The van der Waals surface area contributed by atoms with Crippen molar-refractivity contribution in [1.29, 1.82) is 0 Å². The Morgan fingerprint density at radius 2 is 2.14 bits per heavy atom. The Hall–Kier alpha value is -1.63. The number of amides is 1. The number of aliphatic hydroxyl groups is 1. The number of hydrogen-bond acceptors (Lipinski definition) is 4. The normalized spacial score (nSPS) is 16.7. The van der Waals surface area contributed by atoms with Crippen LogP contribution in [-0.4, -0.2) is 22.1 Å². The maximum atomic E-state index is 12.9. The summed E-state index contributed by atoms with van der Waals surface area (Å²) in [5.74, 6) is 0.545. The molecule has 1 heterocycles. The van der Waals surface area contributed by atoms with Crippen molar-refractivity contribution < 1.29 is 14.6 Å². The quantitative estimate of drug-likeness (QED) is 0.742. The molecule has 1 atom stereocenters. The third kappa shape index (κ3) is 4.67. The maximum absolute atomic E-state index is 12.9. The van der Waals surface area contributed by atoms with E-state index in [4.69, 9.17) is 16.3 Å². The van der Waals surface area contributed by atoms with E-state index in [-0.39, 0.29) is 5.54 Å². The summed E-state index contributed by atoms with van der Waals surface area (Å²) < 4.78 is 7.85. The SMILES string of the molecule is COc1ccc(Cl)cc1C(=O)/N=c1\sn(C(C)(C)C)cc1C(O)CC1CCC1. The molecule has 5 nitrogen and oxygen atoms in total. The van der Waals surface area contributed by atoms with Crippen LogP contribution in [0, 0.1) is 5.92 Å². The van der Waals surface area contributed by atoms with Gasteiger partial charge in [0, 0.05) is 22.3 Å². The van der Waals surface area contributed by atoms with Crippen LogP contribution in [0.15, 0.2) is 29.4 Å². The first-order valence-corrected chi connectivity index (χ1v) is 10.7. The van der Waals surface area contributed by atoms with Gasteiger partial charge in [0.1, 0.15) is 10.4 Å². The maximum Gasteiger partial charge on any atom is 0.282 e. The van der Waals surface area contributed by atoms with Crippen molar-refractivity contribution in [3.63, 3.8) is 0 Å². The molecule has 1 saturated carbocycles. The molecule has 7 heteroatoms. The third-order valence-electron chi connectivity index (χ3n) is 5.08. The lowest BCUT2D eigenvalue weighted by Crippen LogP contribution is -2.19. The van der Waals surface area contributed by atoms with Gasteiger partial charge in [-0.15, -0.1) is 0 Å². The lowest BCUT2D eigenvalue weighted by molar-refractivity contribution is 0.0994. The molecule has 0 radical (unpaired) electrons. The van der Waals surface area contributed by atoms with E-state index in [1.54, 1.807) is 18.2 Å². The topological polar surface area (TPSA) is 63.8 Å². The average molecular weight is 423 g/mol. The summed E-state index contributed by atoms with van der Waals surface area (Å²) in [6.07, 6.45) is 5.55. The Balaban J connectivity index is 2.02. The first kappa shape index (κ1) is 21.1. The van der Waals surface area contributed by atoms with Crippen LogP contribution in [0.25, 0.3) is 0 Å². The summed E-state index contributed by atoms with van der Waals surface area (Å²) in [5, 5.41) is 11.3. The van der Waals surface area contributed by atoms with E-state index in [9.17, 15) is 9.90 Å². The second-order valence-electron chi connectivity index (χ2n) is 8.29. The predicted molar refractivity (Wildman–Crippen MR) is 112 cm³/mol. The predicted octanol–water partition coefficient (Wildman–Crippen LogP) is 4.93. The van der Waals surface area contributed by atoms with Gasteiger partial charge < -0.3 is 9.84 Å². The average Bonchev–Trinajstić information content (AvgIpc) is 3.02. The van der Waals surface area contributed by atoms with E-state index >= 15 is 0 Å². The second-order valence-corrected chi connectivity index (χ2v) is 9.69. The molecular weight excluding hydrogens is 396 g/mol. The van der Waals surface area contributed by atoms with Crippen LogP contribution in [0.1, 0.15) is 68.5 Å². The van der Waals surface area contributed by atoms with E-state index in [0.717, 1.165) is 12.8 Å². The Kier molecular flexibility index (Phi) is 6.32. The molecule has 152 valence electrons. The first-order chi connectivity index (χ1) is 13.2. The summed E-state index contributed by atoms with van der Waals surface area (Å²) in [7, 11) is 1.51. The summed E-state index contributed by atoms with van der Waals surface area (Å²) in [6.45, 7) is 6.24. The van der Waals surface area contributed by atoms with E-state index < -0.39 is 12.0 Å². The summed E-state index contributed by atoms with van der Waals surface area (Å²) in [6, 6.07) is 4.88. The van der Waals surface area contributed by atoms with Crippen LogP contribution < -0.4 is 9.41 Å². The zero-order valence-corrected chi connectivity index (χ0v) is 18.3. The molecule has 1 aliphatic rings. The molecule has 0 aliphatic heterocycles. The van der Waals surface area contributed by atoms with Crippen LogP contribution in [0.2, 0.25) is 5.02 Å². The molecule has 1 aliphatic carbocycles. The summed E-state index contributed by atoms with van der Waals surface area (Å²) >= 11 is 7.44. The Morgan fingerprint density at radius 1 is 1.43 bits per heavy atom. The highest BCUT2D eigenvalue weighted by Crippen LogP contribution is 2.34. The van der Waals surface area contributed by atoms with Crippen LogP contribution in [-0.2, 0) is 5.54 Å². The zero-order chi connectivity index (χ0) is 20.5. The first-order valence-electron chi connectivity index (χ1n) is 9.53. The highest BCUT2D eigenvalue weighted by atomic mass is 35.5. The van der Waals surface area contributed by atoms with Crippen molar-refractivity contribution in [3.05, 3.63) is 45.2 Å². The van der Waals surface area contributed by atoms with Crippen molar-refractivity contribution >= 4 is 29.0 Å². The van der Waals surface area contributed by atoms with Crippen molar-refractivity contribution in [3.8, 4) is 5.75 Å². The van der Waals surface area contributed by atoms with Gasteiger partial charge >= 0.3 is 0 Å². The number of carbonyl (C=O) groups excluding carboxylic acids is 1. The van der Waals surface area contributed by atoms with Gasteiger partial charge in [0.2, 0.25) is 0 Å². The van der Waals surface area contributed by atoms with Gasteiger partial charge in [0.25, 0.3) is 5.91 Å². The van der Waals surface area contributed by atoms with Gasteiger partial charge in [-0.05, 0) is 62.8 Å². The highest BCUT2D eigenvalue weighted by molar-refractivity contribution is 7.04. The molecule has 1 fully saturated rings. The fraction of sp³-hybridized carbons (Fsp3) is 0.524. The Labute approximate surface area is 174 Å². The molecule has 0 spiro atoms. The molecule has 3 rings (SSSR count). The Bertz CT molecular complexity index is 922. The van der Waals surface area contributed by atoms with Gasteiger partial charge in [-0.1, -0.05) is 30.9 Å². The number of halogens is 1. The molecule has 1 amide bonds. The molecule has 0 bridgehead atoms. The standard InChI is InChI=1S/C21H27ClN2O3S/c1-21(2,3)24-12-16(17(25)10-13-6-5-7-13)20(28-24)23-19(26)15-11-14(22)8-9-18(15)27-4/h8-9,11-13,17,25H,5-7,10H2,1-4H3/b23-20-. The number of ether oxygens (including phenoxy) is 1. The number of methoxy groups -OCH3 is 1. The molecule has 1 unspecified atom stereocenters. The Morgan fingerprint density at radius 3 is 2.71 bits per heavy atom. The van der Waals surface area contributed by atoms with E-state index in [2.05, 4.69) is 25.8 Å². The molecule has 2 aromatic rings. The lowest BCUT2D eigenvalue weighted by Gasteiger charge is -2.27. The molecule has 28 heavy (non-hydrogen) atoms. The van der Waals surface area contributed by atoms with Crippen molar-refractivity contribution in [2.75, 3.05) is 7.11 Å².